The number of benzene rings is 2. The first kappa shape index (κ1) is 15.1. The van der Waals surface area contributed by atoms with E-state index < -0.39 is 0 Å². The molecule has 2 aromatic carbocycles. The van der Waals surface area contributed by atoms with Gasteiger partial charge in [0.25, 0.3) is 0 Å². The molecule has 0 bridgehead atoms. The molecule has 118 valence electrons. The van der Waals surface area contributed by atoms with Crippen molar-refractivity contribution in [3.8, 4) is 5.75 Å². The first-order chi connectivity index (χ1) is 11.3. The number of ether oxygens (including phenoxy) is 1. The van der Waals surface area contributed by atoms with Crippen LogP contribution in [-0.4, -0.2) is 22.6 Å². The molecule has 0 spiro atoms. The fraction of sp³-hybridized carbons (Fsp3) is 0.222. The number of para-hydroxylation sites is 3. The summed E-state index contributed by atoms with van der Waals surface area (Å²) in [5.41, 5.74) is 1.96. The molecule has 5 nitrogen and oxygen atoms in total. The maximum Gasteiger partial charge on any atom is 0.207 e. The van der Waals surface area contributed by atoms with E-state index in [1.807, 2.05) is 61.5 Å². The smallest absolute Gasteiger partial charge is 0.207 e. The zero-order chi connectivity index (χ0) is 16.1. The Morgan fingerprint density at radius 3 is 2.70 bits per heavy atom. The number of carbonyl (C=O) groups excluding carboxylic acids is 1. The van der Waals surface area contributed by atoms with Crippen molar-refractivity contribution >= 4 is 17.4 Å². The van der Waals surface area contributed by atoms with E-state index in [1.54, 1.807) is 0 Å². The Morgan fingerprint density at radius 1 is 1.17 bits per heavy atom. The van der Waals surface area contributed by atoms with Gasteiger partial charge >= 0.3 is 0 Å². The molecule has 0 aliphatic rings. The van der Waals surface area contributed by atoms with Crippen molar-refractivity contribution < 1.29 is 9.53 Å². The summed E-state index contributed by atoms with van der Waals surface area (Å²) in [6.07, 6.45) is 0.703. The molecule has 1 N–H and O–H groups in total. The second kappa shape index (κ2) is 6.96. The second-order valence-corrected chi connectivity index (χ2v) is 5.28. The number of rotatable bonds is 7. The van der Waals surface area contributed by atoms with Crippen LogP contribution >= 0.6 is 0 Å². The molecule has 3 aromatic rings. The van der Waals surface area contributed by atoms with Crippen LogP contribution in [0.5, 0.6) is 5.75 Å². The lowest BCUT2D eigenvalue weighted by Crippen LogP contribution is -2.21. The summed E-state index contributed by atoms with van der Waals surface area (Å²) in [5.74, 6) is 1.67. The number of hydrogen-bond donors (Lipinski definition) is 1. The fourth-order valence-electron chi connectivity index (χ4n) is 2.61. The Hall–Kier alpha value is -2.82. The first-order valence-corrected chi connectivity index (χ1v) is 7.62. The van der Waals surface area contributed by atoms with Crippen LogP contribution < -0.4 is 10.1 Å². The predicted octanol–water partition coefficient (Wildman–Crippen LogP) is 2.92. The molecule has 0 radical (unpaired) electrons. The quantitative estimate of drug-likeness (QED) is 0.683. The van der Waals surface area contributed by atoms with Gasteiger partial charge in [-0.05, 0) is 31.2 Å². The van der Waals surface area contributed by atoms with Gasteiger partial charge in [-0.15, -0.1) is 0 Å². The van der Waals surface area contributed by atoms with Crippen molar-refractivity contribution in [3.05, 3.63) is 60.4 Å². The van der Waals surface area contributed by atoms with Crippen LogP contribution in [0.15, 0.2) is 54.6 Å². The number of imidazole rings is 1. The molecule has 1 amide bonds. The molecule has 0 saturated heterocycles. The summed E-state index contributed by atoms with van der Waals surface area (Å²) >= 11 is 0. The van der Waals surface area contributed by atoms with Gasteiger partial charge in [-0.2, -0.15) is 0 Å². The Morgan fingerprint density at radius 2 is 1.91 bits per heavy atom. The number of fused-ring (bicyclic) bond motifs is 1. The van der Waals surface area contributed by atoms with Gasteiger partial charge in [0, 0.05) is 0 Å². The number of nitrogens with one attached hydrogen (secondary N) is 1. The van der Waals surface area contributed by atoms with E-state index in [9.17, 15) is 4.79 Å². The normalized spacial score (nSPS) is 12.0. The molecule has 1 unspecified atom stereocenters. The summed E-state index contributed by atoms with van der Waals surface area (Å²) < 4.78 is 7.88. The van der Waals surface area contributed by atoms with E-state index in [-0.39, 0.29) is 6.04 Å². The fourth-order valence-corrected chi connectivity index (χ4v) is 2.61. The largest absolute Gasteiger partial charge is 0.492 e. The van der Waals surface area contributed by atoms with Crippen molar-refractivity contribution in [1.29, 1.82) is 0 Å². The van der Waals surface area contributed by atoms with E-state index in [4.69, 9.17) is 4.74 Å². The highest BCUT2D eigenvalue weighted by Crippen LogP contribution is 2.20. The Kier molecular flexibility index (Phi) is 4.57. The van der Waals surface area contributed by atoms with Crippen molar-refractivity contribution in [1.82, 2.24) is 14.9 Å². The van der Waals surface area contributed by atoms with Crippen molar-refractivity contribution in [3.63, 3.8) is 0 Å². The molecule has 0 aliphatic heterocycles. The minimum absolute atomic E-state index is 0.156. The van der Waals surface area contributed by atoms with Crippen LogP contribution in [0.25, 0.3) is 11.0 Å². The molecule has 0 aliphatic carbocycles. The highest BCUT2D eigenvalue weighted by Gasteiger charge is 2.15. The standard InChI is InChI=1S/C18H19N3O2/c1-14(19-13-22)18-20-16-9-5-6-10-17(16)21(18)11-12-23-15-7-3-2-4-8-15/h2-10,13-14H,11-12H2,1H3,(H,19,22). The minimum Gasteiger partial charge on any atom is -0.492 e. The van der Waals surface area contributed by atoms with Crippen molar-refractivity contribution in [2.24, 2.45) is 0 Å². The van der Waals surface area contributed by atoms with Gasteiger partial charge in [-0.3, -0.25) is 4.79 Å². The topological polar surface area (TPSA) is 56.2 Å². The van der Waals surface area contributed by atoms with Crippen molar-refractivity contribution in [2.75, 3.05) is 6.61 Å². The van der Waals surface area contributed by atoms with E-state index in [0.717, 1.165) is 22.6 Å². The number of amides is 1. The summed E-state index contributed by atoms with van der Waals surface area (Å²) in [4.78, 5) is 15.4. The van der Waals surface area contributed by atoms with E-state index in [2.05, 4.69) is 14.9 Å². The zero-order valence-electron chi connectivity index (χ0n) is 13.0. The second-order valence-electron chi connectivity index (χ2n) is 5.28. The molecule has 0 fully saturated rings. The average molecular weight is 309 g/mol. The van der Waals surface area contributed by atoms with Gasteiger partial charge in [0.05, 0.1) is 23.6 Å². The molecule has 1 aromatic heterocycles. The summed E-state index contributed by atoms with van der Waals surface area (Å²) in [7, 11) is 0. The maximum absolute atomic E-state index is 10.7. The molecule has 3 rings (SSSR count). The third-order valence-corrected chi connectivity index (χ3v) is 3.72. The number of aromatic nitrogens is 2. The predicted molar refractivity (Wildman–Crippen MR) is 89.3 cm³/mol. The molecular weight excluding hydrogens is 290 g/mol. The highest BCUT2D eigenvalue weighted by atomic mass is 16.5. The van der Waals surface area contributed by atoms with Crippen LogP contribution in [0, 0.1) is 0 Å². The van der Waals surface area contributed by atoms with Crippen molar-refractivity contribution in [2.45, 2.75) is 19.5 Å². The van der Waals surface area contributed by atoms with Crippen LogP contribution in [-0.2, 0) is 11.3 Å². The van der Waals surface area contributed by atoms with Crippen LogP contribution in [0.3, 0.4) is 0 Å². The lowest BCUT2D eigenvalue weighted by atomic mass is 10.3. The Labute approximate surface area is 134 Å². The molecular formula is C18H19N3O2. The maximum atomic E-state index is 10.7. The van der Waals surface area contributed by atoms with Crippen LogP contribution in [0.1, 0.15) is 18.8 Å². The number of carbonyl (C=O) groups is 1. The number of nitrogens with zero attached hydrogens (tertiary/aromatic N) is 2. The average Bonchev–Trinajstić information content (AvgIpc) is 2.95. The van der Waals surface area contributed by atoms with Gasteiger partial charge in [0.15, 0.2) is 0 Å². The molecule has 0 saturated carbocycles. The lowest BCUT2D eigenvalue weighted by molar-refractivity contribution is -0.110. The van der Waals surface area contributed by atoms with Gasteiger partial charge in [-0.25, -0.2) is 4.98 Å². The zero-order valence-corrected chi connectivity index (χ0v) is 13.0. The lowest BCUT2D eigenvalue weighted by Gasteiger charge is -2.14. The van der Waals surface area contributed by atoms with Crippen LogP contribution in [0.4, 0.5) is 0 Å². The van der Waals surface area contributed by atoms with E-state index in [1.165, 1.54) is 0 Å². The molecule has 5 heteroatoms. The van der Waals surface area contributed by atoms with Gasteiger partial charge in [0.2, 0.25) is 6.41 Å². The Bertz CT molecular complexity index is 783. The first-order valence-electron chi connectivity index (χ1n) is 7.62. The van der Waals surface area contributed by atoms with Crippen LogP contribution in [0.2, 0.25) is 0 Å². The van der Waals surface area contributed by atoms with Gasteiger partial charge in [-0.1, -0.05) is 30.3 Å². The molecule has 1 atom stereocenters. The van der Waals surface area contributed by atoms with E-state index >= 15 is 0 Å². The third kappa shape index (κ3) is 3.34. The highest BCUT2D eigenvalue weighted by molar-refractivity contribution is 5.76. The van der Waals surface area contributed by atoms with Gasteiger partial charge < -0.3 is 14.6 Å². The third-order valence-electron chi connectivity index (χ3n) is 3.72. The van der Waals surface area contributed by atoms with Gasteiger partial charge in [0.1, 0.15) is 18.2 Å². The molecule has 23 heavy (non-hydrogen) atoms. The summed E-state index contributed by atoms with van der Waals surface area (Å²) in [6.45, 7) is 3.12. The van der Waals surface area contributed by atoms with E-state index in [0.29, 0.717) is 19.6 Å². The summed E-state index contributed by atoms with van der Waals surface area (Å²) in [5, 5.41) is 2.77. The number of hydrogen-bond acceptors (Lipinski definition) is 3. The Balaban J connectivity index is 1.82. The molecule has 1 heterocycles. The summed E-state index contributed by atoms with van der Waals surface area (Å²) in [6, 6.07) is 17.5. The SMILES string of the molecule is CC(NC=O)c1nc2ccccc2n1CCOc1ccccc1. The monoisotopic (exact) mass is 309 g/mol. The minimum atomic E-state index is -0.156.